The average molecular weight is 344 g/mol. The second-order valence-corrected chi connectivity index (χ2v) is 6.85. The Bertz CT molecular complexity index is 773. The van der Waals surface area contributed by atoms with E-state index in [0.29, 0.717) is 0 Å². The zero-order chi connectivity index (χ0) is 18.2. The van der Waals surface area contributed by atoms with Crippen LogP contribution in [0.4, 0.5) is 0 Å². The first-order valence-corrected chi connectivity index (χ1v) is 9.67. The minimum atomic E-state index is 0.0458. The fraction of sp³-hybridized carbons (Fsp3) is 0.280. The van der Waals surface area contributed by atoms with Gasteiger partial charge in [0, 0.05) is 0 Å². The van der Waals surface area contributed by atoms with Crippen LogP contribution in [0.1, 0.15) is 50.3 Å². The van der Waals surface area contributed by atoms with Crippen LogP contribution in [0.15, 0.2) is 78.9 Å². The monoisotopic (exact) mass is 344 g/mol. The van der Waals surface area contributed by atoms with E-state index in [1.165, 1.54) is 47.9 Å². The molecule has 0 aliphatic carbocycles. The van der Waals surface area contributed by atoms with Gasteiger partial charge in [0.05, 0.1) is 0 Å². The lowest BCUT2D eigenvalue weighted by Gasteiger charge is -2.15. The molecule has 0 heterocycles. The van der Waals surface area contributed by atoms with Crippen molar-refractivity contribution in [1.29, 1.82) is 0 Å². The number of ether oxygens (including phenoxy) is 1. The van der Waals surface area contributed by atoms with Crippen LogP contribution in [-0.4, -0.2) is 0 Å². The minimum absolute atomic E-state index is 0.0458. The minimum Gasteiger partial charge on any atom is -0.486 e. The number of aryl methyl sites for hydroxylation is 1. The smallest absolute Gasteiger partial charge is 0.121 e. The van der Waals surface area contributed by atoms with Crippen molar-refractivity contribution in [2.45, 2.75) is 45.6 Å². The lowest BCUT2D eigenvalue weighted by atomic mass is 10.0. The van der Waals surface area contributed by atoms with Gasteiger partial charge < -0.3 is 4.74 Å². The van der Waals surface area contributed by atoms with Gasteiger partial charge in [-0.05, 0) is 54.2 Å². The second kappa shape index (κ2) is 9.24. The fourth-order valence-corrected chi connectivity index (χ4v) is 3.17. The van der Waals surface area contributed by atoms with Crippen LogP contribution in [0, 0.1) is 0 Å². The molecule has 1 unspecified atom stereocenters. The van der Waals surface area contributed by atoms with Crippen LogP contribution in [0.5, 0.6) is 5.75 Å². The van der Waals surface area contributed by atoms with Crippen molar-refractivity contribution in [1.82, 2.24) is 0 Å². The SMILES string of the molecule is CCCCCc1ccc(-c2ccc(OC(C)c3ccccc3)cc2)cc1. The summed E-state index contributed by atoms with van der Waals surface area (Å²) in [6.45, 7) is 4.33. The Labute approximate surface area is 157 Å². The van der Waals surface area contributed by atoms with Gasteiger partial charge in [-0.15, -0.1) is 0 Å². The molecule has 0 aromatic heterocycles. The molecule has 0 aliphatic rings. The molecule has 0 saturated heterocycles. The highest BCUT2D eigenvalue weighted by atomic mass is 16.5. The largest absolute Gasteiger partial charge is 0.486 e. The first-order valence-electron chi connectivity index (χ1n) is 9.67. The van der Waals surface area contributed by atoms with Crippen LogP contribution in [0.2, 0.25) is 0 Å². The molecule has 0 radical (unpaired) electrons. The van der Waals surface area contributed by atoms with Crippen molar-refractivity contribution in [3.63, 3.8) is 0 Å². The lowest BCUT2D eigenvalue weighted by molar-refractivity contribution is 0.227. The van der Waals surface area contributed by atoms with Gasteiger partial charge in [-0.3, -0.25) is 0 Å². The fourth-order valence-electron chi connectivity index (χ4n) is 3.17. The average Bonchev–Trinajstić information content (AvgIpc) is 2.70. The number of unbranched alkanes of at least 4 members (excludes halogenated alkanes) is 2. The van der Waals surface area contributed by atoms with Crippen LogP contribution >= 0.6 is 0 Å². The van der Waals surface area contributed by atoms with Gasteiger partial charge in [0.1, 0.15) is 11.9 Å². The van der Waals surface area contributed by atoms with Crippen molar-refractivity contribution in [3.8, 4) is 16.9 Å². The van der Waals surface area contributed by atoms with Gasteiger partial charge in [0.25, 0.3) is 0 Å². The molecule has 1 heteroatoms. The van der Waals surface area contributed by atoms with E-state index < -0.39 is 0 Å². The predicted octanol–water partition coefficient (Wildman–Crippen LogP) is 7.23. The van der Waals surface area contributed by atoms with Crippen LogP contribution in [0.3, 0.4) is 0 Å². The molecule has 0 amide bonds. The Kier molecular flexibility index (Phi) is 6.49. The third-order valence-corrected chi connectivity index (χ3v) is 4.79. The first-order chi connectivity index (χ1) is 12.8. The standard InChI is InChI=1S/C25H28O/c1-3-4-6-9-21-12-14-23(15-13-21)24-16-18-25(19-17-24)26-20(2)22-10-7-5-8-11-22/h5,7-8,10-20H,3-4,6,9H2,1-2H3. The molecule has 3 aromatic carbocycles. The third-order valence-electron chi connectivity index (χ3n) is 4.79. The first kappa shape index (κ1) is 18.3. The van der Waals surface area contributed by atoms with E-state index in [-0.39, 0.29) is 6.10 Å². The number of hydrogen-bond donors (Lipinski definition) is 0. The summed E-state index contributed by atoms with van der Waals surface area (Å²) in [4.78, 5) is 0. The van der Waals surface area contributed by atoms with E-state index in [1.54, 1.807) is 0 Å². The number of benzene rings is 3. The summed E-state index contributed by atoms with van der Waals surface area (Å²) in [6.07, 6.45) is 5.09. The zero-order valence-corrected chi connectivity index (χ0v) is 15.8. The molecule has 3 aromatic rings. The topological polar surface area (TPSA) is 9.23 Å². The van der Waals surface area contributed by atoms with Crippen molar-refractivity contribution in [3.05, 3.63) is 90.0 Å². The summed E-state index contributed by atoms with van der Waals surface area (Å²) < 4.78 is 6.07. The van der Waals surface area contributed by atoms with Crippen molar-refractivity contribution < 1.29 is 4.74 Å². The summed E-state index contributed by atoms with van der Waals surface area (Å²) in [5, 5.41) is 0. The van der Waals surface area contributed by atoms with Crippen molar-refractivity contribution >= 4 is 0 Å². The van der Waals surface area contributed by atoms with Crippen molar-refractivity contribution in [2.75, 3.05) is 0 Å². The van der Waals surface area contributed by atoms with E-state index in [9.17, 15) is 0 Å². The van der Waals surface area contributed by atoms with Crippen LogP contribution in [-0.2, 0) is 6.42 Å². The highest BCUT2D eigenvalue weighted by Gasteiger charge is 2.07. The van der Waals surface area contributed by atoms with Crippen molar-refractivity contribution in [2.24, 2.45) is 0 Å². The maximum Gasteiger partial charge on any atom is 0.121 e. The number of hydrogen-bond acceptors (Lipinski definition) is 1. The molecule has 1 nitrogen and oxygen atoms in total. The summed E-state index contributed by atoms with van der Waals surface area (Å²) in [5.74, 6) is 0.904. The summed E-state index contributed by atoms with van der Waals surface area (Å²) >= 11 is 0. The Morgan fingerprint density at radius 2 is 1.35 bits per heavy atom. The molecule has 26 heavy (non-hydrogen) atoms. The molecule has 1 atom stereocenters. The molecular weight excluding hydrogens is 316 g/mol. The maximum atomic E-state index is 6.07. The second-order valence-electron chi connectivity index (χ2n) is 6.85. The van der Waals surface area contributed by atoms with Gasteiger partial charge in [-0.2, -0.15) is 0 Å². The molecule has 0 aliphatic heterocycles. The molecule has 134 valence electrons. The van der Waals surface area contributed by atoms with E-state index >= 15 is 0 Å². The van der Waals surface area contributed by atoms with E-state index in [2.05, 4.69) is 74.5 Å². The van der Waals surface area contributed by atoms with Gasteiger partial charge in [-0.25, -0.2) is 0 Å². The molecule has 3 rings (SSSR count). The molecular formula is C25H28O. The van der Waals surface area contributed by atoms with Gasteiger partial charge in [0.15, 0.2) is 0 Å². The third kappa shape index (κ3) is 4.98. The van der Waals surface area contributed by atoms with Gasteiger partial charge in [0.2, 0.25) is 0 Å². The summed E-state index contributed by atoms with van der Waals surface area (Å²) in [6, 6.07) is 27.7. The normalized spacial score (nSPS) is 11.9. The quantitative estimate of drug-likeness (QED) is 0.392. The highest BCUT2D eigenvalue weighted by molar-refractivity contribution is 5.64. The van der Waals surface area contributed by atoms with E-state index in [0.717, 1.165) is 5.75 Å². The zero-order valence-electron chi connectivity index (χ0n) is 15.8. The van der Waals surface area contributed by atoms with Crippen LogP contribution in [0.25, 0.3) is 11.1 Å². The Hall–Kier alpha value is -2.54. The number of rotatable bonds is 8. The summed E-state index contributed by atoms with van der Waals surface area (Å²) in [5.41, 5.74) is 5.10. The Morgan fingerprint density at radius 1 is 0.731 bits per heavy atom. The van der Waals surface area contributed by atoms with Gasteiger partial charge in [-0.1, -0.05) is 86.5 Å². The molecule has 0 fully saturated rings. The predicted molar refractivity (Wildman–Crippen MR) is 111 cm³/mol. The molecule has 0 N–H and O–H groups in total. The van der Waals surface area contributed by atoms with E-state index in [4.69, 9.17) is 4.74 Å². The van der Waals surface area contributed by atoms with Gasteiger partial charge >= 0.3 is 0 Å². The molecule has 0 spiro atoms. The van der Waals surface area contributed by atoms with E-state index in [1.807, 2.05) is 18.2 Å². The Morgan fingerprint density at radius 3 is 1.96 bits per heavy atom. The van der Waals surface area contributed by atoms with Crippen LogP contribution < -0.4 is 4.74 Å². The Balaban J connectivity index is 1.62. The summed E-state index contributed by atoms with van der Waals surface area (Å²) in [7, 11) is 0. The lowest BCUT2D eigenvalue weighted by Crippen LogP contribution is -2.02. The highest BCUT2D eigenvalue weighted by Crippen LogP contribution is 2.26. The maximum absolute atomic E-state index is 6.07. The molecule has 0 bridgehead atoms. The molecule has 0 saturated carbocycles.